The number of imide groups is 1. The Hall–Kier alpha value is -2.70. The van der Waals surface area contributed by atoms with E-state index in [4.69, 9.17) is 9.47 Å². The Kier molecular flexibility index (Phi) is 4.69. The third-order valence-corrected chi connectivity index (χ3v) is 4.67. The fourth-order valence-corrected chi connectivity index (χ4v) is 3.23. The smallest absolute Gasteiger partial charge is 0.266 e. The van der Waals surface area contributed by atoms with E-state index >= 15 is 0 Å². The number of rotatable bonds is 5. The summed E-state index contributed by atoms with van der Waals surface area (Å²) in [5.41, 5.74) is 1.45. The summed E-state index contributed by atoms with van der Waals surface area (Å²) in [6.07, 6.45) is 0. The van der Waals surface area contributed by atoms with Gasteiger partial charge in [0.05, 0.1) is 30.0 Å². The number of amides is 2. The van der Waals surface area contributed by atoms with Crippen molar-refractivity contribution in [2.75, 3.05) is 44.4 Å². The van der Waals surface area contributed by atoms with E-state index < -0.39 is 0 Å². The number of fused-ring (bicyclic) bond motifs is 1. The lowest BCUT2D eigenvalue weighted by Crippen LogP contribution is -2.38. The predicted molar refractivity (Wildman–Crippen MR) is 96.8 cm³/mol. The summed E-state index contributed by atoms with van der Waals surface area (Å²) < 4.78 is 11.1. The maximum atomic E-state index is 12.5. The van der Waals surface area contributed by atoms with Crippen molar-refractivity contribution in [3.8, 4) is 5.75 Å². The number of benzene rings is 2. The lowest BCUT2D eigenvalue weighted by molar-refractivity contribution is 0.0322. The normalized spacial score (nSPS) is 17.5. The topological polar surface area (TPSA) is 59.1 Å². The van der Waals surface area contributed by atoms with E-state index in [1.165, 1.54) is 4.90 Å². The van der Waals surface area contributed by atoms with Crippen molar-refractivity contribution in [2.45, 2.75) is 0 Å². The van der Waals surface area contributed by atoms with Crippen LogP contribution in [0.25, 0.3) is 0 Å². The minimum atomic E-state index is -0.286. The first-order chi connectivity index (χ1) is 12.7. The molecule has 1 fully saturated rings. The molecule has 6 nitrogen and oxygen atoms in total. The second-order valence-electron chi connectivity index (χ2n) is 6.29. The highest BCUT2D eigenvalue weighted by molar-refractivity contribution is 6.34. The number of ether oxygens (including phenoxy) is 2. The molecule has 134 valence electrons. The lowest BCUT2D eigenvalue weighted by Gasteiger charge is -2.26. The van der Waals surface area contributed by atoms with Crippen LogP contribution in [-0.2, 0) is 4.74 Å². The second kappa shape index (κ2) is 7.27. The Morgan fingerprint density at radius 1 is 0.885 bits per heavy atom. The van der Waals surface area contributed by atoms with Gasteiger partial charge in [0.25, 0.3) is 11.8 Å². The molecular weight excluding hydrogens is 332 g/mol. The molecule has 0 unspecified atom stereocenters. The van der Waals surface area contributed by atoms with Crippen LogP contribution in [0.3, 0.4) is 0 Å². The third kappa shape index (κ3) is 3.21. The summed E-state index contributed by atoms with van der Waals surface area (Å²) >= 11 is 0. The molecule has 0 spiro atoms. The fraction of sp³-hybridized carbons (Fsp3) is 0.300. The molecule has 26 heavy (non-hydrogen) atoms. The Morgan fingerprint density at radius 3 is 2.12 bits per heavy atom. The van der Waals surface area contributed by atoms with E-state index in [1.54, 1.807) is 48.5 Å². The molecule has 2 aromatic carbocycles. The molecular formula is C20H20N2O4. The summed E-state index contributed by atoms with van der Waals surface area (Å²) in [5.74, 6) is 0.150. The highest BCUT2D eigenvalue weighted by Crippen LogP contribution is 2.29. The minimum absolute atomic E-state index is 0.286. The monoisotopic (exact) mass is 352 g/mol. The average Bonchev–Trinajstić information content (AvgIpc) is 2.94. The Morgan fingerprint density at radius 2 is 1.50 bits per heavy atom. The van der Waals surface area contributed by atoms with Crippen LogP contribution in [0.5, 0.6) is 5.75 Å². The molecule has 6 heteroatoms. The van der Waals surface area contributed by atoms with E-state index in [-0.39, 0.29) is 11.8 Å². The molecule has 0 N–H and O–H groups in total. The molecule has 4 rings (SSSR count). The lowest BCUT2D eigenvalue weighted by atomic mass is 10.1. The zero-order valence-electron chi connectivity index (χ0n) is 14.4. The average molecular weight is 352 g/mol. The molecule has 1 saturated heterocycles. The van der Waals surface area contributed by atoms with Gasteiger partial charge in [-0.1, -0.05) is 12.1 Å². The fourth-order valence-electron chi connectivity index (χ4n) is 3.23. The number of nitrogens with zero attached hydrogens (tertiary/aromatic N) is 2. The largest absolute Gasteiger partial charge is 0.492 e. The molecule has 2 amide bonds. The van der Waals surface area contributed by atoms with Gasteiger partial charge in [0.15, 0.2) is 0 Å². The molecule has 2 aliphatic rings. The van der Waals surface area contributed by atoms with Crippen LogP contribution in [0.4, 0.5) is 5.69 Å². The van der Waals surface area contributed by atoms with E-state index in [1.807, 2.05) is 0 Å². The standard InChI is InChI=1S/C20H20N2O4/c23-19-17-3-1-2-4-18(17)20(24)22(19)15-5-7-16(8-6-15)26-14-11-21-9-12-25-13-10-21/h1-8H,9-14H2. The van der Waals surface area contributed by atoms with Gasteiger partial charge in [-0.25, -0.2) is 4.90 Å². The van der Waals surface area contributed by atoms with E-state index in [2.05, 4.69) is 4.90 Å². The maximum absolute atomic E-state index is 12.5. The van der Waals surface area contributed by atoms with Crippen LogP contribution in [-0.4, -0.2) is 56.2 Å². The van der Waals surface area contributed by atoms with Gasteiger partial charge >= 0.3 is 0 Å². The van der Waals surface area contributed by atoms with Crippen LogP contribution in [0.15, 0.2) is 48.5 Å². The number of morpholine rings is 1. The van der Waals surface area contributed by atoms with Crippen molar-refractivity contribution in [2.24, 2.45) is 0 Å². The maximum Gasteiger partial charge on any atom is 0.266 e. The minimum Gasteiger partial charge on any atom is -0.492 e. The zero-order valence-corrected chi connectivity index (χ0v) is 14.4. The summed E-state index contributed by atoms with van der Waals surface area (Å²) in [7, 11) is 0. The summed E-state index contributed by atoms with van der Waals surface area (Å²) in [6.45, 7) is 4.85. The molecule has 0 saturated carbocycles. The van der Waals surface area contributed by atoms with Crippen LogP contribution in [0.2, 0.25) is 0 Å². The summed E-state index contributed by atoms with van der Waals surface area (Å²) in [5, 5.41) is 0. The van der Waals surface area contributed by atoms with Gasteiger partial charge in [-0.05, 0) is 36.4 Å². The van der Waals surface area contributed by atoms with Crippen molar-refractivity contribution in [3.63, 3.8) is 0 Å². The third-order valence-electron chi connectivity index (χ3n) is 4.67. The van der Waals surface area contributed by atoms with Crippen LogP contribution in [0, 0.1) is 0 Å². The van der Waals surface area contributed by atoms with Gasteiger partial charge in [0, 0.05) is 19.6 Å². The molecule has 2 heterocycles. The van der Waals surface area contributed by atoms with Gasteiger partial charge in [0.1, 0.15) is 12.4 Å². The van der Waals surface area contributed by atoms with Crippen molar-refractivity contribution in [3.05, 3.63) is 59.7 Å². The SMILES string of the molecule is O=C1c2ccccc2C(=O)N1c1ccc(OCCN2CCOCC2)cc1. The van der Waals surface area contributed by atoms with Crippen LogP contribution in [0.1, 0.15) is 20.7 Å². The molecule has 0 bridgehead atoms. The quantitative estimate of drug-likeness (QED) is 0.772. The number of hydrogen-bond acceptors (Lipinski definition) is 5. The van der Waals surface area contributed by atoms with Crippen LogP contribution < -0.4 is 9.64 Å². The van der Waals surface area contributed by atoms with E-state index in [9.17, 15) is 9.59 Å². The van der Waals surface area contributed by atoms with E-state index in [0.717, 1.165) is 38.6 Å². The molecule has 0 aliphatic carbocycles. The summed E-state index contributed by atoms with van der Waals surface area (Å²) in [4.78, 5) is 28.5. The molecule has 0 atom stereocenters. The molecule has 2 aliphatic heterocycles. The zero-order chi connectivity index (χ0) is 17.9. The van der Waals surface area contributed by atoms with Crippen molar-refractivity contribution in [1.82, 2.24) is 4.90 Å². The Bertz CT molecular complexity index is 778. The highest BCUT2D eigenvalue weighted by atomic mass is 16.5. The molecule has 2 aromatic rings. The van der Waals surface area contributed by atoms with Gasteiger partial charge < -0.3 is 9.47 Å². The number of carbonyl (C=O) groups is 2. The Labute approximate surface area is 151 Å². The highest BCUT2D eigenvalue weighted by Gasteiger charge is 2.36. The second-order valence-corrected chi connectivity index (χ2v) is 6.29. The van der Waals surface area contributed by atoms with Crippen LogP contribution >= 0.6 is 0 Å². The van der Waals surface area contributed by atoms with Gasteiger partial charge in [-0.15, -0.1) is 0 Å². The first-order valence-electron chi connectivity index (χ1n) is 8.75. The summed E-state index contributed by atoms with van der Waals surface area (Å²) in [6, 6.07) is 13.9. The molecule has 0 radical (unpaired) electrons. The predicted octanol–water partition coefficient (Wildman–Crippen LogP) is 2.20. The first kappa shape index (κ1) is 16.8. The van der Waals surface area contributed by atoms with Crippen molar-refractivity contribution < 1.29 is 19.1 Å². The van der Waals surface area contributed by atoms with Crippen molar-refractivity contribution in [1.29, 1.82) is 0 Å². The number of hydrogen-bond donors (Lipinski definition) is 0. The van der Waals surface area contributed by atoms with Crippen molar-refractivity contribution >= 4 is 17.5 Å². The van der Waals surface area contributed by atoms with Gasteiger partial charge in [0.2, 0.25) is 0 Å². The van der Waals surface area contributed by atoms with Gasteiger partial charge in [-0.2, -0.15) is 0 Å². The Balaban J connectivity index is 1.39. The number of anilines is 1. The van der Waals surface area contributed by atoms with Gasteiger partial charge in [-0.3, -0.25) is 14.5 Å². The first-order valence-corrected chi connectivity index (χ1v) is 8.75. The molecule has 0 aromatic heterocycles. The van der Waals surface area contributed by atoms with E-state index in [0.29, 0.717) is 23.4 Å². The number of carbonyl (C=O) groups excluding carboxylic acids is 2.